The Labute approximate surface area is 221 Å². The van der Waals surface area contributed by atoms with E-state index in [1.54, 1.807) is 24.3 Å². The maximum absolute atomic E-state index is 13.0. The number of amides is 3. The first-order chi connectivity index (χ1) is 16.6. The topological polar surface area (TPSA) is 78.5 Å². The fourth-order valence-corrected chi connectivity index (χ4v) is 4.28. The number of nitrogens with one attached hydrogen (secondary N) is 2. The molecule has 0 spiro atoms. The van der Waals surface area contributed by atoms with Gasteiger partial charge in [0.1, 0.15) is 10.7 Å². The van der Waals surface area contributed by atoms with Gasteiger partial charge in [0.05, 0.1) is 20.8 Å². The third-order valence-electron chi connectivity index (χ3n) is 5.53. The second-order valence-electron chi connectivity index (χ2n) is 7.76. The monoisotopic (exact) mass is 547 g/mol. The van der Waals surface area contributed by atoms with Crippen LogP contribution in [0.5, 0.6) is 0 Å². The maximum Gasteiger partial charge on any atom is 0.283 e. The average Bonchev–Trinajstić information content (AvgIpc) is 3.03. The van der Waals surface area contributed by atoms with Crippen molar-refractivity contribution in [3.8, 4) is 0 Å². The van der Waals surface area contributed by atoms with Crippen LogP contribution in [-0.2, 0) is 9.59 Å². The second kappa shape index (κ2) is 9.91. The van der Waals surface area contributed by atoms with Crippen LogP contribution in [0.3, 0.4) is 0 Å². The first kappa shape index (κ1) is 25.1. The summed E-state index contributed by atoms with van der Waals surface area (Å²) in [7, 11) is 0. The fourth-order valence-electron chi connectivity index (χ4n) is 3.44. The highest BCUT2D eigenvalue weighted by Gasteiger charge is 2.40. The van der Waals surface area contributed by atoms with E-state index in [-0.39, 0.29) is 37.4 Å². The lowest BCUT2D eigenvalue weighted by molar-refractivity contribution is -0.120. The zero-order chi connectivity index (χ0) is 25.4. The van der Waals surface area contributed by atoms with E-state index in [9.17, 15) is 14.4 Å². The summed E-state index contributed by atoms with van der Waals surface area (Å²) >= 11 is 24.3. The van der Waals surface area contributed by atoms with Crippen LogP contribution in [0.15, 0.2) is 65.3 Å². The number of benzene rings is 3. The van der Waals surface area contributed by atoms with Crippen molar-refractivity contribution >= 4 is 81.2 Å². The Kier molecular flexibility index (Phi) is 7.10. The summed E-state index contributed by atoms with van der Waals surface area (Å²) in [5, 5.41) is 5.79. The zero-order valence-electron chi connectivity index (χ0n) is 18.4. The lowest BCUT2D eigenvalue weighted by Gasteiger charge is -2.17. The third kappa shape index (κ3) is 4.88. The van der Waals surface area contributed by atoms with E-state index in [1.165, 1.54) is 12.1 Å². The van der Waals surface area contributed by atoms with Gasteiger partial charge in [0.15, 0.2) is 0 Å². The van der Waals surface area contributed by atoms with Gasteiger partial charge in [0.2, 0.25) is 0 Å². The van der Waals surface area contributed by atoms with Crippen LogP contribution in [0.2, 0.25) is 15.1 Å². The molecule has 1 aliphatic rings. The molecule has 0 bridgehead atoms. The zero-order valence-corrected chi connectivity index (χ0v) is 21.4. The predicted molar refractivity (Wildman–Crippen MR) is 141 cm³/mol. The predicted octanol–water partition coefficient (Wildman–Crippen LogP) is 6.95. The first-order valence-corrected chi connectivity index (χ1v) is 11.8. The van der Waals surface area contributed by atoms with Crippen LogP contribution < -0.4 is 15.5 Å². The number of aryl methyl sites for hydroxylation is 1. The molecule has 0 radical (unpaired) electrons. The normalized spacial score (nSPS) is 13.5. The van der Waals surface area contributed by atoms with Gasteiger partial charge < -0.3 is 10.6 Å². The van der Waals surface area contributed by atoms with Gasteiger partial charge in [0.25, 0.3) is 17.7 Å². The summed E-state index contributed by atoms with van der Waals surface area (Å²) in [6, 6.07) is 14.7. The van der Waals surface area contributed by atoms with E-state index in [1.807, 2.05) is 32.0 Å². The van der Waals surface area contributed by atoms with Crippen molar-refractivity contribution < 1.29 is 14.4 Å². The molecule has 178 valence electrons. The number of carbonyl (C=O) groups excluding carboxylic acids is 3. The maximum atomic E-state index is 13.0. The van der Waals surface area contributed by atoms with Crippen molar-refractivity contribution in [1.82, 2.24) is 0 Å². The molecule has 4 rings (SSSR count). The number of anilines is 3. The molecule has 0 saturated heterocycles. The van der Waals surface area contributed by atoms with Gasteiger partial charge in [-0.15, -0.1) is 0 Å². The number of imide groups is 1. The Bertz CT molecular complexity index is 1420. The molecule has 0 unspecified atom stereocenters. The highest BCUT2D eigenvalue weighted by Crippen LogP contribution is 2.38. The van der Waals surface area contributed by atoms with Crippen LogP contribution in [0.25, 0.3) is 0 Å². The number of hydrogen-bond donors (Lipinski definition) is 2. The van der Waals surface area contributed by atoms with Gasteiger partial charge in [-0.3, -0.25) is 14.4 Å². The molecular weight excluding hydrogens is 532 g/mol. The molecule has 3 amide bonds. The lowest BCUT2D eigenvalue weighted by atomic mass is 10.1. The van der Waals surface area contributed by atoms with Gasteiger partial charge in [-0.2, -0.15) is 0 Å². The molecule has 3 aromatic rings. The Morgan fingerprint density at radius 2 is 1.49 bits per heavy atom. The smallest absolute Gasteiger partial charge is 0.283 e. The molecule has 0 aromatic heterocycles. The van der Waals surface area contributed by atoms with Crippen molar-refractivity contribution in [2.75, 3.05) is 15.5 Å². The van der Waals surface area contributed by atoms with Gasteiger partial charge in [-0.05, 0) is 67.4 Å². The van der Waals surface area contributed by atoms with E-state index in [2.05, 4.69) is 10.6 Å². The summed E-state index contributed by atoms with van der Waals surface area (Å²) in [6.45, 7) is 3.90. The van der Waals surface area contributed by atoms with Crippen molar-refractivity contribution in [3.63, 3.8) is 0 Å². The van der Waals surface area contributed by atoms with E-state index < -0.39 is 11.8 Å². The van der Waals surface area contributed by atoms with E-state index in [0.29, 0.717) is 11.3 Å². The summed E-state index contributed by atoms with van der Waals surface area (Å²) in [4.78, 5) is 39.2. The summed E-state index contributed by atoms with van der Waals surface area (Å²) in [5.74, 6) is -1.75. The summed E-state index contributed by atoms with van der Waals surface area (Å²) in [6.07, 6.45) is 0. The van der Waals surface area contributed by atoms with Crippen LogP contribution in [0.4, 0.5) is 17.1 Å². The first-order valence-electron chi connectivity index (χ1n) is 10.3. The van der Waals surface area contributed by atoms with Crippen molar-refractivity contribution in [3.05, 3.63) is 97.1 Å². The SMILES string of the molecule is Cc1cccc(NC(=O)c2ccc(NC3=C(Cl)C(=O)N(c4cc(Cl)c(Cl)cc4Cl)C3=O)cc2)c1C. The number of hydrogen-bond acceptors (Lipinski definition) is 4. The molecule has 1 heterocycles. The van der Waals surface area contributed by atoms with Crippen LogP contribution in [-0.4, -0.2) is 17.7 Å². The number of nitrogens with zero attached hydrogens (tertiary/aromatic N) is 1. The van der Waals surface area contributed by atoms with Crippen LogP contribution in [0.1, 0.15) is 21.5 Å². The highest BCUT2D eigenvalue weighted by molar-refractivity contribution is 6.54. The molecular formula is C25H17Cl4N3O3. The van der Waals surface area contributed by atoms with Gasteiger partial charge in [0, 0.05) is 16.9 Å². The minimum absolute atomic E-state index is 0.0597. The van der Waals surface area contributed by atoms with Crippen LogP contribution >= 0.6 is 46.4 Å². The molecule has 1 aliphatic heterocycles. The Hall–Kier alpha value is -3.03. The van der Waals surface area contributed by atoms with Gasteiger partial charge >= 0.3 is 0 Å². The largest absolute Gasteiger partial charge is 0.350 e. The molecule has 0 atom stereocenters. The fraction of sp³-hybridized carbons (Fsp3) is 0.0800. The molecule has 0 fully saturated rings. The number of rotatable bonds is 5. The number of halogens is 4. The molecule has 6 nitrogen and oxygen atoms in total. The molecule has 2 N–H and O–H groups in total. The molecule has 3 aromatic carbocycles. The Balaban J connectivity index is 1.52. The molecule has 0 saturated carbocycles. The summed E-state index contributed by atoms with van der Waals surface area (Å²) < 4.78 is 0. The standard InChI is InChI=1S/C25H17Cl4N3O3/c1-12-4-3-5-19(13(12)2)31-23(33)14-6-8-15(9-7-14)30-22-21(29)24(34)32(25(22)35)20-11-17(27)16(26)10-18(20)28/h3-11,30H,1-2H3,(H,31,33). The van der Waals surface area contributed by atoms with Crippen LogP contribution in [0, 0.1) is 13.8 Å². The van der Waals surface area contributed by atoms with Gasteiger partial charge in [-0.25, -0.2) is 4.90 Å². The molecule has 0 aliphatic carbocycles. The lowest BCUT2D eigenvalue weighted by Crippen LogP contribution is -2.32. The second-order valence-corrected chi connectivity index (χ2v) is 9.36. The third-order valence-corrected chi connectivity index (χ3v) is 6.90. The minimum Gasteiger partial charge on any atom is -0.350 e. The van der Waals surface area contributed by atoms with Crippen molar-refractivity contribution in [1.29, 1.82) is 0 Å². The van der Waals surface area contributed by atoms with Crippen molar-refractivity contribution in [2.24, 2.45) is 0 Å². The number of carbonyl (C=O) groups is 3. The average molecular weight is 549 g/mol. The molecule has 10 heteroatoms. The van der Waals surface area contributed by atoms with E-state index >= 15 is 0 Å². The minimum atomic E-state index is -0.760. The Morgan fingerprint density at radius 3 is 2.17 bits per heavy atom. The van der Waals surface area contributed by atoms with Crippen molar-refractivity contribution in [2.45, 2.75) is 13.8 Å². The van der Waals surface area contributed by atoms with E-state index in [0.717, 1.165) is 21.7 Å². The van der Waals surface area contributed by atoms with E-state index in [4.69, 9.17) is 46.4 Å². The summed E-state index contributed by atoms with van der Waals surface area (Å²) in [5.41, 5.74) is 3.57. The van der Waals surface area contributed by atoms with Gasteiger partial charge in [-0.1, -0.05) is 58.5 Å². The highest BCUT2D eigenvalue weighted by atomic mass is 35.5. The quantitative estimate of drug-likeness (QED) is 0.267. The molecule has 35 heavy (non-hydrogen) atoms. The Morgan fingerprint density at radius 1 is 0.829 bits per heavy atom.